The van der Waals surface area contributed by atoms with Crippen LogP contribution >= 0.6 is 0 Å². The maximum Gasteiger partial charge on any atom is 0.255 e. The zero-order chi connectivity index (χ0) is 14.1. The van der Waals surface area contributed by atoms with E-state index in [9.17, 15) is 4.79 Å². The number of ether oxygens (including phenoxy) is 2. The van der Waals surface area contributed by atoms with Gasteiger partial charge in [-0.05, 0) is 31.0 Å². The van der Waals surface area contributed by atoms with Crippen molar-refractivity contribution in [3.63, 3.8) is 0 Å². The third-order valence-corrected chi connectivity index (χ3v) is 2.71. The Morgan fingerprint density at radius 1 is 1.37 bits per heavy atom. The first-order chi connectivity index (χ1) is 9.11. The summed E-state index contributed by atoms with van der Waals surface area (Å²) in [5.74, 6) is 0.174. The summed E-state index contributed by atoms with van der Waals surface area (Å²) < 4.78 is 10.2. The zero-order valence-electron chi connectivity index (χ0n) is 11.5. The monoisotopic (exact) mass is 266 g/mol. The first-order valence-electron chi connectivity index (χ1n) is 6.34. The lowest BCUT2D eigenvalue weighted by Gasteiger charge is -2.13. The van der Waals surface area contributed by atoms with E-state index >= 15 is 0 Å². The molecular weight excluding hydrogens is 244 g/mol. The van der Waals surface area contributed by atoms with Gasteiger partial charge in [0.05, 0.1) is 0 Å². The molecule has 0 fully saturated rings. The number of carbonyl (C=O) groups excluding carboxylic acids is 1. The fourth-order valence-electron chi connectivity index (χ4n) is 1.55. The predicted molar refractivity (Wildman–Crippen MR) is 73.9 cm³/mol. The maximum atomic E-state index is 10.6. The molecule has 0 radical (unpaired) electrons. The van der Waals surface area contributed by atoms with Crippen molar-refractivity contribution in [3.05, 3.63) is 29.8 Å². The molecular formula is C14H22N2O3. The summed E-state index contributed by atoms with van der Waals surface area (Å²) in [7, 11) is 1.71. The lowest BCUT2D eigenvalue weighted by molar-refractivity contribution is -0.119. The highest BCUT2D eigenvalue weighted by molar-refractivity contribution is 5.75. The van der Waals surface area contributed by atoms with Gasteiger partial charge in [0.2, 0.25) is 0 Å². The lowest BCUT2D eigenvalue weighted by Crippen LogP contribution is -2.26. The van der Waals surface area contributed by atoms with E-state index in [0.717, 1.165) is 25.1 Å². The van der Waals surface area contributed by atoms with Gasteiger partial charge in [0, 0.05) is 26.3 Å². The van der Waals surface area contributed by atoms with Gasteiger partial charge in [0.25, 0.3) is 5.91 Å². The van der Waals surface area contributed by atoms with E-state index in [1.54, 1.807) is 7.11 Å². The molecule has 0 saturated heterocycles. The van der Waals surface area contributed by atoms with Crippen LogP contribution in [0, 0.1) is 0 Å². The second-order valence-electron chi connectivity index (χ2n) is 4.46. The summed E-state index contributed by atoms with van der Waals surface area (Å²) in [6.07, 6.45) is 0.982. The number of hydrogen-bond donors (Lipinski definition) is 2. The molecule has 1 aromatic rings. The highest BCUT2D eigenvalue weighted by Crippen LogP contribution is 2.12. The van der Waals surface area contributed by atoms with Crippen LogP contribution in [0.4, 0.5) is 0 Å². The predicted octanol–water partition coefficient (Wildman–Crippen LogP) is 1.07. The van der Waals surface area contributed by atoms with Crippen LogP contribution in [0.15, 0.2) is 24.3 Å². The van der Waals surface area contributed by atoms with E-state index in [2.05, 4.69) is 12.2 Å². The van der Waals surface area contributed by atoms with Crippen LogP contribution in [0.3, 0.4) is 0 Å². The van der Waals surface area contributed by atoms with Crippen molar-refractivity contribution in [2.75, 3.05) is 20.3 Å². The summed E-state index contributed by atoms with van der Waals surface area (Å²) >= 11 is 0. The van der Waals surface area contributed by atoms with Gasteiger partial charge in [0.15, 0.2) is 6.61 Å². The molecule has 1 unspecified atom stereocenters. The Bertz CT molecular complexity index is 379. The number of benzene rings is 1. The van der Waals surface area contributed by atoms with E-state index in [4.69, 9.17) is 15.2 Å². The van der Waals surface area contributed by atoms with E-state index in [-0.39, 0.29) is 6.61 Å². The van der Waals surface area contributed by atoms with Gasteiger partial charge < -0.3 is 20.5 Å². The Hall–Kier alpha value is -1.59. The molecule has 0 heterocycles. The largest absolute Gasteiger partial charge is 0.484 e. The van der Waals surface area contributed by atoms with Gasteiger partial charge in [-0.15, -0.1) is 0 Å². The van der Waals surface area contributed by atoms with Crippen LogP contribution in [-0.2, 0) is 16.1 Å². The topological polar surface area (TPSA) is 73.6 Å². The van der Waals surface area contributed by atoms with Gasteiger partial charge in [-0.25, -0.2) is 0 Å². The first kappa shape index (κ1) is 15.5. The minimum Gasteiger partial charge on any atom is -0.484 e. The highest BCUT2D eigenvalue weighted by atomic mass is 16.5. The molecule has 0 aliphatic heterocycles. The molecule has 0 aromatic heterocycles. The van der Waals surface area contributed by atoms with E-state index < -0.39 is 5.91 Å². The maximum absolute atomic E-state index is 10.6. The molecule has 1 atom stereocenters. The van der Waals surface area contributed by atoms with Crippen molar-refractivity contribution >= 4 is 5.91 Å². The fraction of sp³-hybridized carbons (Fsp3) is 0.500. The SMILES string of the molecule is COCCC(C)NCc1ccc(OCC(N)=O)cc1. The van der Waals surface area contributed by atoms with Gasteiger partial charge >= 0.3 is 0 Å². The summed E-state index contributed by atoms with van der Waals surface area (Å²) in [6.45, 7) is 3.59. The van der Waals surface area contributed by atoms with Crippen LogP contribution in [-0.4, -0.2) is 32.3 Å². The van der Waals surface area contributed by atoms with Crippen LogP contribution in [0.2, 0.25) is 0 Å². The zero-order valence-corrected chi connectivity index (χ0v) is 11.5. The van der Waals surface area contributed by atoms with E-state index in [0.29, 0.717) is 11.8 Å². The van der Waals surface area contributed by atoms with Crippen LogP contribution in [0.1, 0.15) is 18.9 Å². The number of amides is 1. The molecule has 106 valence electrons. The van der Waals surface area contributed by atoms with Crippen molar-refractivity contribution in [2.45, 2.75) is 25.9 Å². The van der Waals surface area contributed by atoms with Crippen molar-refractivity contribution in [3.8, 4) is 5.75 Å². The van der Waals surface area contributed by atoms with Crippen molar-refractivity contribution < 1.29 is 14.3 Å². The van der Waals surface area contributed by atoms with Gasteiger partial charge in [-0.3, -0.25) is 4.79 Å². The second-order valence-corrected chi connectivity index (χ2v) is 4.46. The molecule has 0 bridgehead atoms. The Morgan fingerprint density at radius 3 is 2.63 bits per heavy atom. The fourth-order valence-corrected chi connectivity index (χ4v) is 1.55. The average Bonchev–Trinajstić information content (AvgIpc) is 2.41. The van der Waals surface area contributed by atoms with Crippen LogP contribution in [0.5, 0.6) is 5.75 Å². The number of hydrogen-bond acceptors (Lipinski definition) is 4. The molecule has 0 spiro atoms. The molecule has 3 N–H and O–H groups in total. The minimum absolute atomic E-state index is 0.0916. The smallest absolute Gasteiger partial charge is 0.255 e. The normalized spacial score (nSPS) is 12.1. The lowest BCUT2D eigenvalue weighted by atomic mass is 10.2. The standard InChI is InChI=1S/C14H22N2O3/c1-11(7-8-18-2)16-9-12-3-5-13(6-4-12)19-10-14(15)17/h3-6,11,16H,7-10H2,1-2H3,(H2,15,17). The van der Waals surface area contributed by atoms with Gasteiger partial charge in [-0.1, -0.05) is 12.1 Å². The third-order valence-electron chi connectivity index (χ3n) is 2.71. The number of methoxy groups -OCH3 is 1. The number of nitrogens with one attached hydrogen (secondary N) is 1. The average molecular weight is 266 g/mol. The molecule has 0 aliphatic carbocycles. The Labute approximate surface area is 114 Å². The third kappa shape index (κ3) is 6.79. The Morgan fingerprint density at radius 2 is 2.05 bits per heavy atom. The molecule has 1 amide bonds. The first-order valence-corrected chi connectivity index (χ1v) is 6.34. The molecule has 5 heteroatoms. The number of rotatable bonds is 9. The van der Waals surface area contributed by atoms with Crippen molar-refractivity contribution in [1.29, 1.82) is 0 Å². The molecule has 0 saturated carbocycles. The van der Waals surface area contributed by atoms with Crippen LogP contribution < -0.4 is 15.8 Å². The minimum atomic E-state index is -0.474. The number of nitrogens with two attached hydrogens (primary N) is 1. The summed E-state index contributed by atoms with van der Waals surface area (Å²) in [5, 5.41) is 3.41. The molecule has 1 aromatic carbocycles. The van der Waals surface area contributed by atoms with Crippen LogP contribution in [0.25, 0.3) is 0 Å². The quantitative estimate of drug-likeness (QED) is 0.701. The van der Waals surface area contributed by atoms with Crippen molar-refractivity contribution in [1.82, 2.24) is 5.32 Å². The second kappa shape index (κ2) is 8.50. The summed E-state index contributed by atoms with van der Waals surface area (Å²) in [5.41, 5.74) is 6.17. The summed E-state index contributed by atoms with van der Waals surface area (Å²) in [6, 6.07) is 8.00. The Balaban J connectivity index is 2.33. The van der Waals surface area contributed by atoms with E-state index in [1.165, 1.54) is 0 Å². The molecule has 0 aliphatic rings. The number of primary amides is 1. The molecule has 19 heavy (non-hydrogen) atoms. The molecule has 5 nitrogen and oxygen atoms in total. The van der Waals surface area contributed by atoms with E-state index in [1.807, 2.05) is 24.3 Å². The van der Waals surface area contributed by atoms with Gasteiger partial charge in [0.1, 0.15) is 5.75 Å². The van der Waals surface area contributed by atoms with Gasteiger partial charge in [-0.2, -0.15) is 0 Å². The Kier molecular flexibility index (Phi) is 6.92. The number of carbonyl (C=O) groups is 1. The highest BCUT2D eigenvalue weighted by Gasteiger charge is 2.02. The molecule has 1 rings (SSSR count). The van der Waals surface area contributed by atoms with Crippen molar-refractivity contribution in [2.24, 2.45) is 5.73 Å². The summed E-state index contributed by atoms with van der Waals surface area (Å²) in [4.78, 5) is 10.6.